The van der Waals surface area contributed by atoms with Crippen LogP contribution in [0.4, 0.5) is 0 Å². The average molecular weight is 275 g/mol. The number of sulfone groups is 1. The van der Waals surface area contributed by atoms with Gasteiger partial charge in [-0.2, -0.15) is 4.98 Å². The summed E-state index contributed by atoms with van der Waals surface area (Å²) in [4.78, 5) is 4.10. The minimum atomic E-state index is -3.12. The molecule has 0 aliphatic carbocycles. The van der Waals surface area contributed by atoms with Gasteiger partial charge in [-0.1, -0.05) is 25.9 Å². The molecule has 1 N–H and O–H groups in total. The van der Waals surface area contributed by atoms with Gasteiger partial charge in [-0.05, 0) is 12.5 Å². The quantitative estimate of drug-likeness (QED) is 0.792. The molecule has 6 nitrogen and oxygen atoms in total. The predicted molar refractivity (Wildman–Crippen MR) is 68.9 cm³/mol. The van der Waals surface area contributed by atoms with E-state index in [2.05, 4.69) is 29.3 Å². The van der Waals surface area contributed by atoms with Crippen LogP contribution >= 0.6 is 0 Å². The zero-order chi connectivity index (χ0) is 13.8. The van der Waals surface area contributed by atoms with Gasteiger partial charge in [0.25, 0.3) is 0 Å². The first-order valence-corrected chi connectivity index (χ1v) is 8.10. The lowest BCUT2D eigenvalue weighted by Crippen LogP contribution is -2.35. The Labute approximate surface area is 108 Å². The lowest BCUT2D eigenvalue weighted by Gasteiger charge is -2.19. The molecule has 1 aromatic heterocycles. The van der Waals surface area contributed by atoms with Gasteiger partial charge in [0.05, 0.1) is 0 Å². The Hall–Kier alpha value is -0.950. The first-order valence-electron chi connectivity index (χ1n) is 6.04. The van der Waals surface area contributed by atoms with Crippen molar-refractivity contribution in [3.05, 3.63) is 11.7 Å². The van der Waals surface area contributed by atoms with E-state index in [4.69, 9.17) is 4.52 Å². The first kappa shape index (κ1) is 15.1. The number of hydrogen-bond donors (Lipinski definition) is 1. The number of aromatic nitrogens is 2. The topological polar surface area (TPSA) is 85.1 Å². The largest absolute Gasteiger partial charge is 0.339 e. The minimum absolute atomic E-state index is 0.177. The summed E-state index contributed by atoms with van der Waals surface area (Å²) in [5, 5.41) is 7.02. The SMILES string of the molecule is CCNC(Cc1nc(CS(C)(=O)=O)no1)C(C)C. The fourth-order valence-corrected chi connectivity index (χ4v) is 2.25. The zero-order valence-corrected chi connectivity index (χ0v) is 12.1. The summed E-state index contributed by atoms with van der Waals surface area (Å²) in [6, 6.07) is 0.251. The van der Waals surface area contributed by atoms with E-state index in [9.17, 15) is 8.42 Å². The highest BCUT2D eigenvalue weighted by molar-refractivity contribution is 7.89. The predicted octanol–water partition coefficient (Wildman–Crippen LogP) is 0.791. The maximum atomic E-state index is 11.1. The van der Waals surface area contributed by atoms with Crippen LogP contribution < -0.4 is 5.32 Å². The van der Waals surface area contributed by atoms with Crippen LogP contribution in [0.3, 0.4) is 0 Å². The summed E-state index contributed by atoms with van der Waals surface area (Å²) in [5.41, 5.74) is 0. The van der Waals surface area contributed by atoms with E-state index < -0.39 is 9.84 Å². The molecular formula is C11H21N3O3S. The molecule has 7 heteroatoms. The fourth-order valence-electron chi connectivity index (χ4n) is 1.66. The Balaban J connectivity index is 2.68. The van der Waals surface area contributed by atoms with E-state index in [1.165, 1.54) is 0 Å². The molecule has 1 unspecified atom stereocenters. The highest BCUT2D eigenvalue weighted by Gasteiger charge is 2.18. The molecule has 0 radical (unpaired) electrons. The van der Waals surface area contributed by atoms with Gasteiger partial charge in [0.15, 0.2) is 15.7 Å². The van der Waals surface area contributed by atoms with E-state index in [1.54, 1.807) is 0 Å². The molecule has 104 valence electrons. The van der Waals surface area contributed by atoms with Gasteiger partial charge in [-0.15, -0.1) is 0 Å². The van der Waals surface area contributed by atoms with Crippen molar-refractivity contribution in [1.29, 1.82) is 0 Å². The summed E-state index contributed by atoms with van der Waals surface area (Å²) in [6.45, 7) is 7.13. The van der Waals surface area contributed by atoms with Crippen LogP contribution in [0, 0.1) is 5.92 Å². The summed E-state index contributed by atoms with van der Waals surface area (Å²) < 4.78 is 27.3. The van der Waals surface area contributed by atoms with E-state index >= 15 is 0 Å². The molecule has 18 heavy (non-hydrogen) atoms. The van der Waals surface area contributed by atoms with Crippen molar-refractivity contribution in [2.75, 3.05) is 12.8 Å². The van der Waals surface area contributed by atoms with Gasteiger partial charge in [-0.25, -0.2) is 8.42 Å². The van der Waals surface area contributed by atoms with Crippen LogP contribution in [0.5, 0.6) is 0 Å². The van der Waals surface area contributed by atoms with Gasteiger partial charge in [0.2, 0.25) is 5.89 Å². The summed E-state index contributed by atoms with van der Waals surface area (Å²) in [7, 11) is -3.12. The molecule has 0 bridgehead atoms. The molecule has 1 rings (SSSR count). The van der Waals surface area contributed by atoms with Gasteiger partial charge >= 0.3 is 0 Å². The molecule has 0 spiro atoms. The average Bonchev–Trinajstić information content (AvgIpc) is 2.62. The summed E-state index contributed by atoms with van der Waals surface area (Å²) in [5.74, 6) is 0.972. The molecule has 1 heterocycles. The number of hydrogen-bond acceptors (Lipinski definition) is 6. The van der Waals surface area contributed by atoms with Crippen LogP contribution in [0.25, 0.3) is 0 Å². The second kappa shape index (κ2) is 6.29. The smallest absolute Gasteiger partial charge is 0.228 e. The van der Waals surface area contributed by atoms with E-state index in [-0.39, 0.29) is 17.6 Å². The van der Waals surface area contributed by atoms with Crippen molar-refractivity contribution in [3.63, 3.8) is 0 Å². The lowest BCUT2D eigenvalue weighted by atomic mass is 10.0. The van der Waals surface area contributed by atoms with Crippen LogP contribution in [0.15, 0.2) is 4.52 Å². The van der Waals surface area contributed by atoms with E-state index in [0.717, 1.165) is 12.8 Å². The highest BCUT2D eigenvalue weighted by atomic mass is 32.2. The maximum absolute atomic E-state index is 11.1. The van der Waals surface area contributed by atoms with Gasteiger partial charge in [-0.3, -0.25) is 0 Å². The van der Waals surface area contributed by atoms with Crippen molar-refractivity contribution in [3.8, 4) is 0 Å². The van der Waals surface area contributed by atoms with Crippen LogP contribution in [-0.4, -0.2) is 37.4 Å². The Kier molecular flexibility index (Phi) is 5.28. The summed E-state index contributed by atoms with van der Waals surface area (Å²) in [6.07, 6.45) is 1.76. The molecule has 0 aliphatic heterocycles. The second-order valence-electron chi connectivity index (χ2n) is 4.79. The molecule has 0 fully saturated rings. The van der Waals surface area contributed by atoms with Crippen molar-refractivity contribution >= 4 is 9.84 Å². The zero-order valence-electron chi connectivity index (χ0n) is 11.3. The summed E-state index contributed by atoms with van der Waals surface area (Å²) >= 11 is 0. The Morgan fingerprint density at radius 2 is 2.06 bits per heavy atom. The van der Waals surface area contributed by atoms with Crippen molar-refractivity contribution in [2.24, 2.45) is 5.92 Å². The third-order valence-corrected chi connectivity index (χ3v) is 3.35. The second-order valence-corrected chi connectivity index (χ2v) is 6.93. The fraction of sp³-hybridized carbons (Fsp3) is 0.818. The number of nitrogens with zero attached hydrogens (tertiary/aromatic N) is 2. The molecule has 0 amide bonds. The molecule has 0 aliphatic rings. The van der Waals surface area contributed by atoms with E-state index in [1.807, 2.05) is 6.92 Å². The van der Waals surface area contributed by atoms with Crippen LogP contribution in [0.1, 0.15) is 32.5 Å². The van der Waals surface area contributed by atoms with Gasteiger partial charge < -0.3 is 9.84 Å². The number of rotatable bonds is 7. The van der Waals surface area contributed by atoms with Gasteiger partial charge in [0.1, 0.15) is 5.75 Å². The molecular weight excluding hydrogens is 254 g/mol. The van der Waals surface area contributed by atoms with Gasteiger partial charge in [0, 0.05) is 18.7 Å². The Bertz CT molecular complexity index is 468. The number of likely N-dealkylation sites (N-methyl/N-ethyl adjacent to an activating group) is 1. The van der Waals surface area contributed by atoms with E-state index in [0.29, 0.717) is 18.2 Å². The lowest BCUT2D eigenvalue weighted by molar-refractivity contribution is 0.327. The Morgan fingerprint density at radius 1 is 1.39 bits per heavy atom. The van der Waals surface area contributed by atoms with Crippen molar-refractivity contribution in [2.45, 2.75) is 39.0 Å². The molecule has 0 saturated heterocycles. The van der Waals surface area contributed by atoms with Crippen LogP contribution in [0.2, 0.25) is 0 Å². The highest BCUT2D eigenvalue weighted by Crippen LogP contribution is 2.10. The molecule has 0 aromatic carbocycles. The molecule has 0 saturated carbocycles. The molecule has 1 aromatic rings. The van der Waals surface area contributed by atoms with Crippen molar-refractivity contribution < 1.29 is 12.9 Å². The first-order chi connectivity index (χ1) is 8.31. The maximum Gasteiger partial charge on any atom is 0.228 e. The Morgan fingerprint density at radius 3 is 2.56 bits per heavy atom. The standard InChI is InChI=1S/C11H21N3O3S/c1-5-12-9(8(2)3)6-11-13-10(14-17-11)7-18(4,15)16/h8-9,12H,5-7H2,1-4H3. The van der Waals surface area contributed by atoms with Crippen molar-refractivity contribution in [1.82, 2.24) is 15.5 Å². The molecule has 1 atom stereocenters. The third kappa shape index (κ3) is 5.14. The minimum Gasteiger partial charge on any atom is -0.339 e. The monoisotopic (exact) mass is 275 g/mol. The van der Waals surface area contributed by atoms with Crippen LogP contribution in [-0.2, 0) is 22.0 Å². The third-order valence-electron chi connectivity index (χ3n) is 2.57. The normalized spacial score (nSPS) is 14.1. The number of nitrogens with one attached hydrogen (secondary N) is 1.